The molecular weight excluding hydrogens is 1070 g/mol. The molecule has 0 fully saturated rings. The monoisotopic (exact) mass is 1140 g/mol. The zero-order valence-corrected chi connectivity index (χ0v) is 46.9. The first-order valence-electron chi connectivity index (χ1n) is 25.5. The smallest absolute Gasteiger partial charge is 0.135 e. The van der Waals surface area contributed by atoms with E-state index in [9.17, 15) is 0 Å². The third-order valence-corrected chi connectivity index (χ3v) is 15.6. The molecule has 6 aromatic carbocycles. The quantitative estimate of drug-likeness (QED) is 0.164. The predicted molar refractivity (Wildman–Crippen MR) is 298 cm³/mol. The van der Waals surface area contributed by atoms with Gasteiger partial charge in [0.15, 0.2) is 0 Å². The van der Waals surface area contributed by atoms with Gasteiger partial charge in [0.2, 0.25) is 0 Å². The molecule has 1 spiro atoms. The number of anilines is 3. The van der Waals surface area contributed by atoms with Crippen molar-refractivity contribution in [1.29, 1.82) is 0 Å². The number of aromatic nitrogens is 3. The SMILES string of the molecule is Cc1cc(-n2c3[c-]c(Oc4[c-]c5c(cc4)C4(c6cccc7c6N5[CH-]N7C)c5c(cc(C(C)(C)C)cc5C(C)(C)C)-c5cc(C(C)(C)C)cc(C(C)(C)C)c54)ccc3c3ccccc32)ncc1-c1ccccn1.[Pt]. The number of hydrogen-bond acceptors (Lipinski definition) is 5. The van der Waals surface area contributed by atoms with Crippen molar-refractivity contribution in [3.8, 4) is 39.7 Å². The van der Waals surface area contributed by atoms with Crippen LogP contribution in [0.1, 0.15) is 133 Å². The van der Waals surface area contributed by atoms with E-state index in [0.717, 1.165) is 50.1 Å². The van der Waals surface area contributed by atoms with Gasteiger partial charge in [0, 0.05) is 72.8 Å². The molecule has 0 unspecified atom stereocenters. The Kier molecular flexibility index (Phi) is 11.0. The maximum Gasteiger partial charge on any atom is 0.135 e. The van der Waals surface area contributed by atoms with E-state index in [1.54, 1.807) is 0 Å². The van der Waals surface area contributed by atoms with Gasteiger partial charge in [0.1, 0.15) is 5.82 Å². The number of hydrogen-bond donors (Lipinski definition) is 0. The predicted octanol–water partition coefficient (Wildman–Crippen LogP) is 16.5. The van der Waals surface area contributed by atoms with Crippen molar-refractivity contribution in [3.05, 3.63) is 197 Å². The van der Waals surface area contributed by atoms with Crippen LogP contribution in [0.2, 0.25) is 0 Å². The first-order valence-corrected chi connectivity index (χ1v) is 25.5. The van der Waals surface area contributed by atoms with Crippen LogP contribution >= 0.6 is 0 Å². The summed E-state index contributed by atoms with van der Waals surface area (Å²) < 4.78 is 9.21. The largest absolute Gasteiger partial charge is 0.509 e. The van der Waals surface area contributed by atoms with Gasteiger partial charge in [-0.1, -0.05) is 155 Å². The van der Waals surface area contributed by atoms with E-state index < -0.39 is 5.41 Å². The van der Waals surface area contributed by atoms with Crippen molar-refractivity contribution >= 4 is 38.9 Å². The molecule has 0 radical (unpaired) electrons. The van der Waals surface area contributed by atoms with E-state index in [4.69, 9.17) is 9.72 Å². The molecule has 0 saturated carbocycles. The van der Waals surface area contributed by atoms with Crippen molar-refractivity contribution in [2.75, 3.05) is 16.8 Å². The standard InChI is InChI=1S/C66H64N5O.Pt/c1-39-30-58(68-37-48(39)53-22-17-18-29-67-53)71-54-23-16-15-20-44(54)45-27-25-42(35-56(45)71)72-43-26-28-49-57(36-43)70-38-69(14)55-24-19-21-50(61(55)70)66(49)59-46(31-40(62(2,3)4)33-51(59)64(8,9)10)47-32-41(63(5,6)7)34-52(60(47)66)65(11,12)13;/h15-34,37-38H,1-14H3;/q-3;. The van der Waals surface area contributed by atoms with Crippen LogP contribution in [-0.2, 0) is 48.1 Å². The molecule has 0 atom stereocenters. The minimum absolute atomic E-state index is 0. The second kappa shape index (κ2) is 16.5. The molecule has 0 amide bonds. The maximum atomic E-state index is 7.01. The minimum atomic E-state index is -0.683. The maximum absolute atomic E-state index is 7.01. The van der Waals surface area contributed by atoms with E-state index in [1.165, 1.54) is 67.0 Å². The zero-order valence-electron chi connectivity index (χ0n) is 44.7. The van der Waals surface area contributed by atoms with Gasteiger partial charge in [0.05, 0.1) is 5.69 Å². The summed E-state index contributed by atoms with van der Waals surface area (Å²) in [4.78, 5) is 14.3. The van der Waals surface area contributed by atoms with E-state index >= 15 is 0 Å². The molecule has 0 N–H and O–H groups in total. The van der Waals surface area contributed by atoms with E-state index in [0.29, 0.717) is 11.5 Å². The van der Waals surface area contributed by atoms with Gasteiger partial charge in [-0.15, -0.1) is 35.2 Å². The van der Waals surface area contributed by atoms with Gasteiger partial charge in [-0.3, -0.25) is 4.98 Å². The van der Waals surface area contributed by atoms with Crippen molar-refractivity contribution in [3.63, 3.8) is 0 Å². The van der Waals surface area contributed by atoms with Crippen molar-refractivity contribution in [1.82, 2.24) is 14.5 Å². The Morgan fingerprint density at radius 1 is 0.589 bits per heavy atom. The van der Waals surface area contributed by atoms with Gasteiger partial charge >= 0.3 is 0 Å². The topological polar surface area (TPSA) is 46.4 Å². The van der Waals surface area contributed by atoms with Crippen molar-refractivity contribution < 1.29 is 25.8 Å². The summed E-state index contributed by atoms with van der Waals surface area (Å²) in [6.07, 6.45) is 3.76. The van der Waals surface area contributed by atoms with E-state index in [-0.39, 0.29) is 42.7 Å². The van der Waals surface area contributed by atoms with Crippen LogP contribution < -0.4 is 14.5 Å². The molecule has 12 rings (SSSR count). The Balaban J connectivity index is 0.00000574. The number of para-hydroxylation sites is 2. The molecule has 2 aliphatic heterocycles. The zero-order chi connectivity index (χ0) is 50.6. The third-order valence-electron chi connectivity index (χ3n) is 15.6. The Morgan fingerprint density at radius 3 is 1.84 bits per heavy atom. The van der Waals surface area contributed by atoms with Crippen LogP contribution in [0.15, 0.2) is 128 Å². The number of aryl methyl sites for hydroxylation is 1. The minimum Gasteiger partial charge on any atom is -0.509 e. The second-order valence-corrected chi connectivity index (χ2v) is 24.6. The van der Waals surface area contributed by atoms with Crippen LogP contribution in [0.25, 0.3) is 50.0 Å². The van der Waals surface area contributed by atoms with Gasteiger partial charge in [-0.2, -0.15) is 18.8 Å². The van der Waals surface area contributed by atoms with Crippen LogP contribution in [0.5, 0.6) is 11.5 Å². The van der Waals surface area contributed by atoms with E-state index in [2.05, 4.69) is 226 Å². The van der Waals surface area contributed by atoms with Crippen LogP contribution in [0.4, 0.5) is 17.1 Å². The molecule has 5 heterocycles. The molecule has 3 aliphatic rings. The molecule has 0 saturated heterocycles. The normalized spacial score (nSPS) is 14.6. The first kappa shape index (κ1) is 48.8. The molecule has 1 aliphatic carbocycles. The number of nitrogens with zero attached hydrogens (tertiary/aromatic N) is 5. The van der Waals surface area contributed by atoms with E-state index in [1.807, 2.05) is 36.7 Å². The average molecular weight is 1140 g/mol. The summed E-state index contributed by atoms with van der Waals surface area (Å²) in [6, 6.07) is 50.1. The second-order valence-electron chi connectivity index (χ2n) is 24.6. The van der Waals surface area contributed by atoms with Crippen LogP contribution in [0, 0.1) is 25.7 Å². The Morgan fingerprint density at radius 2 is 1.22 bits per heavy atom. The fourth-order valence-electron chi connectivity index (χ4n) is 12.0. The summed E-state index contributed by atoms with van der Waals surface area (Å²) in [5, 5.41) is 2.21. The summed E-state index contributed by atoms with van der Waals surface area (Å²) >= 11 is 0. The Labute approximate surface area is 446 Å². The number of rotatable bonds is 4. The number of fused-ring (bicyclic) bond motifs is 12. The van der Waals surface area contributed by atoms with Gasteiger partial charge in [-0.05, 0) is 127 Å². The molecule has 3 aromatic heterocycles. The van der Waals surface area contributed by atoms with Gasteiger partial charge < -0.3 is 19.1 Å². The molecule has 9 aromatic rings. The van der Waals surface area contributed by atoms with Crippen molar-refractivity contribution in [2.24, 2.45) is 0 Å². The van der Waals surface area contributed by atoms with Crippen LogP contribution in [0.3, 0.4) is 0 Å². The Bertz CT molecular complexity index is 3640. The average Bonchev–Trinajstić information content (AvgIpc) is 3.95. The molecule has 7 heteroatoms. The van der Waals surface area contributed by atoms with Gasteiger partial charge in [-0.25, -0.2) is 4.98 Å². The first-order chi connectivity index (χ1) is 34.0. The van der Waals surface area contributed by atoms with Crippen molar-refractivity contribution in [2.45, 2.75) is 117 Å². The molecular formula is C66H64N5OPt-3. The fourth-order valence-corrected chi connectivity index (χ4v) is 12.0. The van der Waals surface area contributed by atoms with Crippen LogP contribution in [-0.4, -0.2) is 21.6 Å². The molecule has 372 valence electrons. The molecule has 0 bridgehead atoms. The Hall–Kier alpha value is -6.49. The summed E-state index contributed by atoms with van der Waals surface area (Å²) in [7, 11) is 2.16. The number of pyridine rings is 2. The third kappa shape index (κ3) is 7.36. The molecule has 73 heavy (non-hydrogen) atoms. The fraction of sp³-hybridized carbons (Fsp3) is 0.288. The summed E-state index contributed by atoms with van der Waals surface area (Å²) in [6.45, 7) is 32.9. The molecule has 6 nitrogen and oxygen atoms in total. The summed E-state index contributed by atoms with van der Waals surface area (Å²) in [5.74, 6) is 2.03. The summed E-state index contributed by atoms with van der Waals surface area (Å²) in [5.41, 5.74) is 20.5. The number of ether oxygens (including phenoxy) is 1. The number of benzene rings is 6. The van der Waals surface area contributed by atoms with Gasteiger partial charge in [0.25, 0.3) is 0 Å².